The Kier molecular flexibility index (Phi) is 2.91. The molecule has 0 saturated carbocycles. The average Bonchev–Trinajstić information content (AvgIpc) is 2.01. The van der Waals surface area contributed by atoms with Crippen molar-refractivity contribution in [3.63, 3.8) is 0 Å². The second-order valence-electron chi connectivity index (χ2n) is 2.87. The van der Waals surface area contributed by atoms with Crippen molar-refractivity contribution >= 4 is 21.7 Å². The number of methoxy groups -OCH3 is 1. The second kappa shape index (κ2) is 3.62. The minimum absolute atomic E-state index is 0.220. The van der Waals surface area contributed by atoms with E-state index in [0.717, 1.165) is 0 Å². The highest BCUT2D eigenvalue weighted by atomic mass is 79.9. The van der Waals surface area contributed by atoms with Crippen LogP contribution in [-0.2, 0) is 9.53 Å². The van der Waals surface area contributed by atoms with Crippen molar-refractivity contribution in [1.29, 1.82) is 0 Å². The Balaban J connectivity index is 2.94. The SMILES string of the molecule is COC1=CC(F)(Br)C(C(C)=O)C=C1. The summed E-state index contributed by atoms with van der Waals surface area (Å²) < 4.78 is 16.7. The van der Waals surface area contributed by atoms with E-state index in [4.69, 9.17) is 4.74 Å². The lowest BCUT2D eigenvalue weighted by Crippen LogP contribution is -2.30. The summed E-state index contributed by atoms with van der Waals surface area (Å²) in [6.45, 7) is 1.36. The maximum absolute atomic E-state index is 13.7. The summed E-state index contributed by atoms with van der Waals surface area (Å²) >= 11 is 2.85. The molecule has 0 aromatic heterocycles. The van der Waals surface area contributed by atoms with Gasteiger partial charge in [0.25, 0.3) is 0 Å². The number of rotatable bonds is 2. The number of ketones is 1. The smallest absolute Gasteiger partial charge is 0.200 e. The van der Waals surface area contributed by atoms with E-state index in [2.05, 4.69) is 15.9 Å². The van der Waals surface area contributed by atoms with Gasteiger partial charge < -0.3 is 4.74 Å². The van der Waals surface area contributed by atoms with E-state index >= 15 is 0 Å². The van der Waals surface area contributed by atoms with Crippen LogP contribution < -0.4 is 0 Å². The molecular formula is C9H10BrFO2. The Morgan fingerprint density at radius 1 is 1.77 bits per heavy atom. The van der Waals surface area contributed by atoms with Crippen LogP contribution in [0.1, 0.15) is 6.92 Å². The Morgan fingerprint density at radius 3 is 2.77 bits per heavy atom. The highest BCUT2D eigenvalue weighted by molar-refractivity contribution is 9.10. The molecule has 72 valence electrons. The molecule has 13 heavy (non-hydrogen) atoms. The molecule has 1 rings (SSSR count). The van der Waals surface area contributed by atoms with Gasteiger partial charge in [-0.05, 0) is 28.9 Å². The van der Waals surface area contributed by atoms with E-state index < -0.39 is 10.5 Å². The predicted molar refractivity (Wildman–Crippen MR) is 51.2 cm³/mol. The summed E-state index contributed by atoms with van der Waals surface area (Å²) in [5.74, 6) is -0.578. The number of hydrogen-bond donors (Lipinski definition) is 0. The first kappa shape index (κ1) is 10.4. The van der Waals surface area contributed by atoms with Gasteiger partial charge in [0.1, 0.15) is 11.5 Å². The van der Waals surface area contributed by atoms with E-state index in [1.54, 1.807) is 6.08 Å². The summed E-state index contributed by atoms with van der Waals surface area (Å²) in [4.78, 5) is 11.0. The first-order valence-corrected chi connectivity index (χ1v) is 4.60. The van der Waals surface area contributed by atoms with Gasteiger partial charge in [0.05, 0.1) is 13.0 Å². The Bertz CT molecular complexity index is 281. The molecule has 0 saturated heterocycles. The Morgan fingerprint density at radius 2 is 2.38 bits per heavy atom. The van der Waals surface area contributed by atoms with Crippen LogP contribution >= 0.6 is 15.9 Å². The highest BCUT2D eigenvalue weighted by Gasteiger charge is 2.38. The summed E-state index contributed by atoms with van der Waals surface area (Å²) in [6.07, 6.45) is 4.33. The molecule has 0 radical (unpaired) electrons. The third-order valence-corrected chi connectivity index (χ3v) is 2.60. The van der Waals surface area contributed by atoms with E-state index in [1.165, 1.54) is 26.2 Å². The predicted octanol–water partition coefficient (Wildman–Crippen LogP) is 2.35. The third kappa shape index (κ3) is 2.18. The van der Waals surface area contributed by atoms with Crippen molar-refractivity contribution in [1.82, 2.24) is 0 Å². The quantitative estimate of drug-likeness (QED) is 0.702. The van der Waals surface area contributed by atoms with Gasteiger partial charge in [0.2, 0.25) is 0 Å². The third-order valence-electron chi connectivity index (χ3n) is 1.88. The number of carbonyl (C=O) groups is 1. The largest absolute Gasteiger partial charge is 0.497 e. The fourth-order valence-electron chi connectivity index (χ4n) is 1.18. The number of carbonyl (C=O) groups excluding carboxylic acids is 1. The van der Waals surface area contributed by atoms with Crippen molar-refractivity contribution in [2.75, 3.05) is 7.11 Å². The molecule has 4 heteroatoms. The van der Waals surface area contributed by atoms with Crippen LogP contribution in [0.2, 0.25) is 0 Å². The van der Waals surface area contributed by atoms with Crippen LogP contribution in [0, 0.1) is 5.92 Å². The molecule has 0 bridgehead atoms. The lowest BCUT2D eigenvalue weighted by atomic mass is 9.94. The number of Topliss-reactive ketones (excluding diaryl/α,β-unsaturated/α-hetero) is 1. The van der Waals surface area contributed by atoms with E-state index in [-0.39, 0.29) is 5.78 Å². The van der Waals surface area contributed by atoms with Crippen molar-refractivity contribution in [3.8, 4) is 0 Å². The van der Waals surface area contributed by atoms with Crippen molar-refractivity contribution in [3.05, 3.63) is 24.0 Å². The van der Waals surface area contributed by atoms with Crippen molar-refractivity contribution in [2.45, 2.75) is 11.5 Å². The second-order valence-corrected chi connectivity index (χ2v) is 4.09. The first-order valence-electron chi connectivity index (χ1n) is 3.80. The molecule has 0 fully saturated rings. The standard InChI is InChI=1S/C9H10BrFO2/c1-6(12)8-4-3-7(13-2)5-9(8,10)11/h3-5,8H,1-2H3. The number of alkyl halides is 2. The van der Waals surface area contributed by atoms with E-state index in [0.29, 0.717) is 5.76 Å². The lowest BCUT2D eigenvalue weighted by molar-refractivity contribution is -0.120. The van der Waals surface area contributed by atoms with Crippen LogP contribution in [0.4, 0.5) is 4.39 Å². The van der Waals surface area contributed by atoms with Gasteiger partial charge in [-0.1, -0.05) is 6.08 Å². The van der Waals surface area contributed by atoms with Crippen LogP contribution in [0.25, 0.3) is 0 Å². The maximum Gasteiger partial charge on any atom is 0.200 e. The number of hydrogen-bond acceptors (Lipinski definition) is 2. The summed E-state index contributed by atoms with van der Waals surface area (Å²) in [6, 6.07) is 0. The fraction of sp³-hybridized carbons (Fsp3) is 0.444. The zero-order chi connectivity index (χ0) is 10.1. The molecule has 0 N–H and O–H groups in total. The minimum atomic E-state index is -1.82. The van der Waals surface area contributed by atoms with Crippen molar-refractivity contribution < 1.29 is 13.9 Å². The Hall–Kier alpha value is -0.640. The molecule has 0 spiro atoms. The van der Waals surface area contributed by atoms with Crippen molar-refractivity contribution in [2.24, 2.45) is 5.92 Å². The average molecular weight is 249 g/mol. The molecular weight excluding hydrogens is 239 g/mol. The van der Waals surface area contributed by atoms with Gasteiger partial charge in [-0.3, -0.25) is 4.79 Å². The summed E-state index contributed by atoms with van der Waals surface area (Å²) in [5.41, 5.74) is 0. The van der Waals surface area contributed by atoms with Crippen LogP contribution in [-0.4, -0.2) is 17.5 Å². The maximum atomic E-state index is 13.7. The van der Waals surface area contributed by atoms with Gasteiger partial charge in [-0.25, -0.2) is 4.39 Å². The molecule has 2 atom stereocenters. The minimum Gasteiger partial charge on any atom is -0.497 e. The van der Waals surface area contributed by atoms with Crippen LogP contribution in [0.15, 0.2) is 24.0 Å². The van der Waals surface area contributed by atoms with E-state index in [9.17, 15) is 9.18 Å². The molecule has 1 aliphatic carbocycles. The molecule has 0 aliphatic heterocycles. The van der Waals surface area contributed by atoms with E-state index in [1.807, 2.05) is 0 Å². The molecule has 2 nitrogen and oxygen atoms in total. The molecule has 2 unspecified atom stereocenters. The number of ether oxygens (including phenoxy) is 1. The topological polar surface area (TPSA) is 26.3 Å². The lowest BCUT2D eigenvalue weighted by Gasteiger charge is -2.24. The van der Waals surface area contributed by atoms with Gasteiger partial charge in [0, 0.05) is 6.08 Å². The highest BCUT2D eigenvalue weighted by Crippen LogP contribution is 2.37. The first-order chi connectivity index (χ1) is 5.97. The molecule has 0 amide bonds. The zero-order valence-corrected chi connectivity index (χ0v) is 8.97. The summed E-state index contributed by atoms with van der Waals surface area (Å²) in [7, 11) is 1.45. The summed E-state index contributed by atoms with van der Waals surface area (Å²) in [5, 5.41) is 0. The van der Waals surface area contributed by atoms with Gasteiger partial charge in [-0.2, -0.15) is 0 Å². The van der Waals surface area contributed by atoms with Crippen LogP contribution in [0.5, 0.6) is 0 Å². The number of allylic oxidation sites excluding steroid dienone is 3. The molecule has 1 aliphatic rings. The van der Waals surface area contributed by atoms with Crippen LogP contribution in [0.3, 0.4) is 0 Å². The molecule has 0 heterocycles. The number of halogens is 2. The van der Waals surface area contributed by atoms with Gasteiger partial charge >= 0.3 is 0 Å². The molecule has 0 aromatic rings. The monoisotopic (exact) mass is 248 g/mol. The van der Waals surface area contributed by atoms with Gasteiger partial charge in [0.15, 0.2) is 4.58 Å². The molecule has 0 aromatic carbocycles. The normalized spacial score (nSPS) is 32.6. The zero-order valence-electron chi connectivity index (χ0n) is 7.38. The fourth-order valence-corrected chi connectivity index (χ4v) is 1.88. The van der Waals surface area contributed by atoms with Gasteiger partial charge in [-0.15, -0.1) is 0 Å². The Labute approximate surface area is 84.6 Å².